The summed E-state index contributed by atoms with van der Waals surface area (Å²) in [7, 11) is 0. The second-order valence-electron chi connectivity index (χ2n) is 3.52. The smallest absolute Gasteiger partial charge is 0.218 e. The van der Waals surface area contributed by atoms with Crippen LogP contribution in [0.4, 0.5) is 0 Å². The van der Waals surface area contributed by atoms with Crippen molar-refractivity contribution in [2.75, 3.05) is 0 Å². The molecule has 0 fully saturated rings. The zero-order valence-electron chi connectivity index (χ0n) is 9.07. The Bertz CT molecular complexity index is 487. The number of hydrogen-bond acceptors (Lipinski definition) is 2. The van der Waals surface area contributed by atoms with E-state index in [1.54, 1.807) is 6.20 Å². The van der Waals surface area contributed by atoms with Crippen molar-refractivity contribution in [1.29, 1.82) is 0 Å². The number of benzene rings is 1. The standard InChI is InChI=1S/C13H11BrClNO/c14-12-5-3-10(4-6-12)9-17-13-11(8-15)2-1-7-16-13/h1-7H,8-9H2. The lowest BCUT2D eigenvalue weighted by Crippen LogP contribution is -1.99. The molecule has 0 bridgehead atoms. The minimum atomic E-state index is 0.406. The highest BCUT2D eigenvalue weighted by Crippen LogP contribution is 2.18. The Hall–Kier alpha value is -1.06. The summed E-state index contributed by atoms with van der Waals surface area (Å²) in [5, 5.41) is 0. The molecule has 1 aromatic heterocycles. The summed E-state index contributed by atoms with van der Waals surface area (Å²) in [4.78, 5) is 4.17. The van der Waals surface area contributed by atoms with Crippen LogP contribution in [0.15, 0.2) is 47.1 Å². The van der Waals surface area contributed by atoms with Crippen LogP contribution in [0.5, 0.6) is 5.88 Å². The number of ether oxygens (including phenoxy) is 1. The number of halogens is 2. The first-order valence-corrected chi connectivity index (χ1v) is 6.49. The Morgan fingerprint density at radius 3 is 2.65 bits per heavy atom. The first-order chi connectivity index (χ1) is 8.29. The van der Waals surface area contributed by atoms with Gasteiger partial charge < -0.3 is 4.74 Å². The molecule has 4 heteroatoms. The van der Waals surface area contributed by atoms with Crippen LogP contribution in [0.25, 0.3) is 0 Å². The Morgan fingerprint density at radius 1 is 1.18 bits per heavy atom. The van der Waals surface area contributed by atoms with Crippen LogP contribution in [0, 0.1) is 0 Å². The summed E-state index contributed by atoms with van der Waals surface area (Å²) < 4.78 is 6.70. The fourth-order valence-electron chi connectivity index (χ4n) is 1.39. The molecule has 0 spiro atoms. The van der Waals surface area contributed by atoms with Gasteiger partial charge in [-0.05, 0) is 23.8 Å². The van der Waals surface area contributed by atoms with Crippen LogP contribution in [0.2, 0.25) is 0 Å². The lowest BCUT2D eigenvalue weighted by atomic mass is 10.2. The quantitative estimate of drug-likeness (QED) is 0.791. The molecular formula is C13H11BrClNO. The molecule has 2 aromatic rings. The van der Waals surface area contributed by atoms with Gasteiger partial charge in [0.1, 0.15) is 6.61 Å². The molecular weight excluding hydrogens is 302 g/mol. The summed E-state index contributed by atoms with van der Waals surface area (Å²) in [6, 6.07) is 11.8. The summed E-state index contributed by atoms with van der Waals surface area (Å²) >= 11 is 9.20. The van der Waals surface area contributed by atoms with Crippen LogP contribution in [-0.2, 0) is 12.5 Å². The first-order valence-electron chi connectivity index (χ1n) is 5.16. The first kappa shape index (κ1) is 12.4. The molecule has 1 heterocycles. The fraction of sp³-hybridized carbons (Fsp3) is 0.154. The van der Waals surface area contributed by atoms with E-state index in [0.29, 0.717) is 18.4 Å². The lowest BCUT2D eigenvalue weighted by Gasteiger charge is -2.08. The van der Waals surface area contributed by atoms with Crippen molar-refractivity contribution in [2.45, 2.75) is 12.5 Å². The third kappa shape index (κ3) is 3.45. The minimum Gasteiger partial charge on any atom is -0.473 e. The number of aromatic nitrogens is 1. The highest BCUT2D eigenvalue weighted by atomic mass is 79.9. The third-order valence-electron chi connectivity index (χ3n) is 2.28. The van der Waals surface area contributed by atoms with Crippen LogP contribution >= 0.6 is 27.5 Å². The Balaban J connectivity index is 2.04. The number of pyridine rings is 1. The van der Waals surface area contributed by atoms with Gasteiger partial charge in [-0.15, -0.1) is 11.6 Å². The van der Waals surface area contributed by atoms with Crippen molar-refractivity contribution in [2.24, 2.45) is 0 Å². The highest BCUT2D eigenvalue weighted by molar-refractivity contribution is 9.10. The van der Waals surface area contributed by atoms with Gasteiger partial charge in [0.05, 0.1) is 5.88 Å². The van der Waals surface area contributed by atoms with Gasteiger partial charge in [-0.3, -0.25) is 0 Å². The number of nitrogens with zero attached hydrogens (tertiary/aromatic N) is 1. The Labute approximate surface area is 114 Å². The molecule has 2 nitrogen and oxygen atoms in total. The average Bonchev–Trinajstić information content (AvgIpc) is 2.38. The second-order valence-corrected chi connectivity index (χ2v) is 4.70. The van der Waals surface area contributed by atoms with Crippen molar-refractivity contribution in [1.82, 2.24) is 4.98 Å². The molecule has 0 aliphatic heterocycles. The Kier molecular flexibility index (Phi) is 4.40. The van der Waals surface area contributed by atoms with Gasteiger partial charge in [0.2, 0.25) is 5.88 Å². The zero-order valence-corrected chi connectivity index (χ0v) is 11.4. The zero-order chi connectivity index (χ0) is 12.1. The van der Waals surface area contributed by atoms with E-state index in [9.17, 15) is 0 Å². The maximum absolute atomic E-state index is 5.81. The topological polar surface area (TPSA) is 22.1 Å². The van der Waals surface area contributed by atoms with E-state index in [0.717, 1.165) is 15.6 Å². The molecule has 0 saturated carbocycles. The summed E-state index contributed by atoms with van der Waals surface area (Å²) in [5.41, 5.74) is 2.01. The Morgan fingerprint density at radius 2 is 1.94 bits per heavy atom. The fourth-order valence-corrected chi connectivity index (χ4v) is 1.86. The van der Waals surface area contributed by atoms with E-state index >= 15 is 0 Å². The van der Waals surface area contributed by atoms with Crippen LogP contribution in [0.1, 0.15) is 11.1 Å². The van der Waals surface area contributed by atoms with Crippen molar-refractivity contribution >= 4 is 27.5 Å². The monoisotopic (exact) mass is 311 g/mol. The second kappa shape index (κ2) is 6.03. The lowest BCUT2D eigenvalue weighted by molar-refractivity contribution is 0.291. The van der Waals surface area contributed by atoms with Crippen molar-refractivity contribution < 1.29 is 4.74 Å². The molecule has 0 radical (unpaired) electrons. The van der Waals surface area contributed by atoms with Crippen LogP contribution in [-0.4, -0.2) is 4.98 Å². The number of hydrogen-bond donors (Lipinski definition) is 0. The van der Waals surface area contributed by atoms with Gasteiger partial charge in [-0.25, -0.2) is 4.98 Å². The van der Waals surface area contributed by atoms with Crippen molar-refractivity contribution in [3.05, 3.63) is 58.2 Å². The summed E-state index contributed by atoms with van der Waals surface area (Å²) in [6.07, 6.45) is 1.70. The molecule has 0 amide bonds. The molecule has 88 valence electrons. The van der Waals surface area contributed by atoms with Crippen molar-refractivity contribution in [3.8, 4) is 5.88 Å². The minimum absolute atomic E-state index is 0.406. The van der Waals surface area contributed by atoms with E-state index in [1.807, 2.05) is 36.4 Å². The average molecular weight is 313 g/mol. The number of alkyl halides is 1. The van der Waals surface area contributed by atoms with Gasteiger partial charge >= 0.3 is 0 Å². The van der Waals surface area contributed by atoms with Gasteiger partial charge in [0.25, 0.3) is 0 Å². The molecule has 0 unspecified atom stereocenters. The SMILES string of the molecule is ClCc1cccnc1OCc1ccc(Br)cc1. The predicted molar refractivity (Wildman–Crippen MR) is 72.3 cm³/mol. The van der Waals surface area contributed by atoms with Gasteiger partial charge in [-0.2, -0.15) is 0 Å². The maximum atomic E-state index is 5.81. The van der Waals surface area contributed by atoms with Crippen LogP contribution < -0.4 is 4.74 Å². The number of rotatable bonds is 4. The molecule has 0 aliphatic carbocycles. The van der Waals surface area contributed by atoms with Gasteiger partial charge in [0, 0.05) is 16.2 Å². The molecule has 1 aromatic carbocycles. The van der Waals surface area contributed by atoms with Gasteiger partial charge in [0.15, 0.2) is 0 Å². The molecule has 0 N–H and O–H groups in total. The molecule has 2 rings (SSSR count). The van der Waals surface area contributed by atoms with Crippen LogP contribution in [0.3, 0.4) is 0 Å². The highest BCUT2D eigenvalue weighted by Gasteiger charge is 2.03. The molecule has 0 saturated heterocycles. The van der Waals surface area contributed by atoms with E-state index in [-0.39, 0.29) is 0 Å². The van der Waals surface area contributed by atoms with E-state index in [4.69, 9.17) is 16.3 Å². The summed E-state index contributed by atoms with van der Waals surface area (Å²) in [5.74, 6) is 1.01. The largest absolute Gasteiger partial charge is 0.473 e. The van der Waals surface area contributed by atoms with Gasteiger partial charge in [-0.1, -0.05) is 34.1 Å². The molecule has 0 aliphatic rings. The maximum Gasteiger partial charge on any atom is 0.218 e. The van der Waals surface area contributed by atoms with Crippen molar-refractivity contribution in [3.63, 3.8) is 0 Å². The van der Waals surface area contributed by atoms with E-state index in [1.165, 1.54) is 0 Å². The summed E-state index contributed by atoms with van der Waals surface area (Å²) in [6.45, 7) is 0.494. The molecule has 17 heavy (non-hydrogen) atoms. The molecule has 0 atom stereocenters. The van der Waals surface area contributed by atoms with E-state index < -0.39 is 0 Å². The normalized spacial score (nSPS) is 10.2. The third-order valence-corrected chi connectivity index (χ3v) is 3.10. The predicted octanol–water partition coefficient (Wildman–Crippen LogP) is 4.16. The van der Waals surface area contributed by atoms with E-state index in [2.05, 4.69) is 20.9 Å².